The van der Waals surface area contributed by atoms with Crippen molar-refractivity contribution in [2.45, 2.75) is 31.8 Å². The van der Waals surface area contributed by atoms with Gasteiger partial charge in [-0.25, -0.2) is 0 Å². The molecule has 19 heavy (non-hydrogen) atoms. The molecule has 1 N–H and O–H groups in total. The minimum Gasteiger partial charge on any atom is -0.382 e. The Balaban J connectivity index is 2.19. The molecule has 6 heteroatoms. The number of nitrogens with one attached hydrogen (secondary N) is 1. The Morgan fingerprint density at radius 2 is 2.47 bits per heavy atom. The Morgan fingerprint density at radius 1 is 1.68 bits per heavy atom. The standard InChI is InChI=1S/C13H21N3O3/c1-10-7-11(19-15-10)8-16-6-4-5-13(16,9-18-3)12(17)14-2/h7H,4-6,8-9H2,1-3H3,(H,14,17). The summed E-state index contributed by atoms with van der Waals surface area (Å²) in [6.45, 7) is 3.71. The average Bonchev–Trinajstić information content (AvgIpc) is 2.98. The average molecular weight is 267 g/mol. The molecule has 0 aliphatic carbocycles. The van der Waals surface area contributed by atoms with Gasteiger partial charge in [0.15, 0.2) is 5.76 Å². The summed E-state index contributed by atoms with van der Waals surface area (Å²) in [6.07, 6.45) is 1.78. The van der Waals surface area contributed by atoms with Crippen LogP contribution in [0.2, 0.25) is 0 Å². The van der Waals surface area contributed by atoms with Crippen LogP contribution < -0.4 is 5.32 Å². The second kappa shape index (κ2) is 5.71. The van der Waals surface area contributed by atoms with Crippen LogP contribution in [0.1, 0.15) is 24.3 Å². The first-order valence-corrected chi connectivity index (χ1v) is 6.51. The fourth-order valence-electron chi connectivity index (χ4n) is 2.80. The number of hydrogen-bond acceptors (Lipinski definition) is 5. The Hall–Kier alpha value is -1.40. The van der Waals surface area contributed by atoms with Gasteiger partial charge in [0.25, 0.3) is 0 Å². The smallest absolute Gasteiger partial charge is 0.242 e. The van der Waals surface area contributed by atoms with Gasteiger partial charge in [-0.2, -0.15) is 0 Å². The number of aromatic nitrogens is 1. The van der Waals surface area contributed by atoms with Crippen molar-refractivity contribution in [2.24, 2.45) is 0 Å². The lowest BCUT2D eigenvalue weighted by molar-refractivity contribution is -0.135. The van der Waals surface area contributed by atoms with Gasteiger partial charge in [-0.1, -0.05) is 5.16 Å². The van der Waals surface area contributed by atoms with E-state index in [9.17, 15) is 4.79 Å². The molecule has 0 radical (unpaired) electrons. The summed E-state index contributed by atoms with van der Waals surface area (Å²) in [5.74, 6) is 0.784. The van der Waals surface area contributed by atoms with Gasteiger partial charge in [-0.05, 0) is 26.3 Å². The molecule has 2 rings (SSSR count). The van der Waals surface area contributed by atoms with E-state index < -0.39 is 5.54 Å². The van der Waals surface area contributed by atoms with Crippen LogP contribution in [0.15, 0.2) is 10.6 Å². The molecule has 0 aromatic carbocycles. The number of rotatable bonds is 5. The Morgan fingerprint density at radius 3 is 3.05 bits per heavy atom. The molecule has 1 aromatic rings. The van der Waals surface area contributed by atoms with Gasteiger partial charge in [0.2, 0.25) is 5.91 Å². The lowest BCUT2D eigenvalue weighted by Crippen LogP contribution is -2.57. The molecule has 1 saturated heterocycles. The van der Waals surface area contributed by atoms with Crippen LogP contribution in [0.5, 0.6) is 0 Å². The molecular weight excluding hydrogens is 246 g/mol. The van der Waals surface area contributed by atoms with Crippen LogP contribution in [-0.2, 0) is 16.1 Å². The maximum atomic E-state index is 12.3. The number of hydrogen-bond donors (Lipinski definition) is 1. The highest BCUT2D eigenvalue weighted by Gasteiger charge is 2.47. The predicted octanol–water partition coefficient (Wildman–Crippen LogP) is 0.710. The molecule has 1 atom stereocenters. The molecule has 1 aliphatic heterocycles. The number of aryl methyl sites for hydroxylation is 1. The highest BCUT2D eigenvalue weighted by Crippen LogP contribution is 2.31. The van der Waals surface area contributed by atoms with Crippen LogP contribution in [-0.4, -0.2) is 48.8 Å². The zero-order chi connectivity index (χ0) is 13.9. The summed E-state index contributed by atoms with van der Waals surface area (Å²) in [5.41, 5.74) is 0.260. The van der Waals surface area contributed by atoms with Gasteiger partial charge >= 0.3 is 0 Å². The first kappa shape index (κ1) is 14.0. The molecule has 0 spiro atoms. The number of methoxy groups -OCH3 is 1. The predicted molar refractivity (Wildman–Crippen MR) is 69.6 cm³/mol. The highest BCUT2D eigenvalue weighted by molar-refractivity contribution is 5.86. The summed E-state index contributed by atoms with van der Waals surface area (Å²) in [7, 11) is 3.29. The van der Waals surface area contributed by atoms with Crippen LogP contribution in [0, 0.1) is 6.92 Å². The van der Waals surface area contributed by atoms with E-state index in [4.69, 9.17) is 9.26 Å². The summed E-state index contributed by atoms with van der Waals surface area (Å²) in [6, 6.07) is 1.90. The summed E-state index contributed by atoms with van der Waals surface area (Å²) < 4.78 is 10.5. The Bertz CT molecular complexity index is 446. The minimum atomic E-state index is -0.593. The Kier molecular flexibility index (Phi) is 4.21. The van der Waals surface area contributed by atoms with Gasteiger partial charge in [0.05, 0.1) is 18.8 Å². The van der Waals surface area contributed by atoms with E-state index in [1.54, 1.807) is 14.2 Å². The molecule has 2 heterocycles. The van der Waals surface area contributed by atoms with Crippen molar-refractivity contribution in [3.05, 3.63) is 17.5 Å². The molecule has 106 valence electrons. The van der Waals surface area contributed by atoms with E-state index in [0.717, 1.165) is 30.8 Å². The summed E-state index contributed by atoms with van der Waals surface area (Å²) in [4.78, 5) is 14.4. The van der Waals surface area contributed by atoms with Crippen LogP contribution in [0.4, 0.5) is 0 Å². The van der Waals surface area contributed by atoms with E-state index in [2.05, 4.69) is 15.4 Å². The van der Waals surface area contributed by atoms with Crippen LogP contribution in [0.3, 0.4) is 0 Å². The molecule has 0 saturated carbocycles. The molecule has 0 bridgehead atoms. The topological polar surface area (TPSA) is 67.6 Å². The Labute approximate surface area is 113 Å². The van der Waals surface area contributed by atoms with E-state index in [1.807, 2.05) is 13.0 Å². The number of carbonyl (C=O) groups is 1. The summed E-state index contributed by atoms with van der Waals surface area (Å²) in [5, 5.41) is 6.63. The number of likely N-dealkylation sites (N-methyl/N-ethyl adjacent to an activating group) is 1. The number of likely N-dealkylation sites (tertiary alicyclic amines) is 1. The van der Waals surface area contributed by atoms with Crippen molar-refractivity contribution in [2.75, 3.05) is 27.3 Å². The van der Waals surface area contributed by atoms with Gasteiger partial charge in [0.1, 0.15) is 5.54 Å². The highest BCUT2D eigenvalue weighted by atomic mass is 16.5. The van der Waals surface area contributed by atoms with Gasteiger partial charge in [0, 0.05) is 20.2 Å². The fourth-order valence-corrected chi connectivity index (χ4v) is 2.80. The first-order chi connectivity index (χ1) is 9.12. The van der Waals surface area contributed by atoms with Gasteiger partial charge in [-0.15, -0.1) is 0 Å². The van der Waals surface area contributed by atoms with E-state index in [-0.39, 0.29) is 5.91 Å². The lowest BCUT2D eigenvalue weighted by Gasteiger charge is -2.35. The second-order valence-corrected chi connectivity index (χ2v) is 5.00. The third-order valence-corrected chi connectivity index (χ3v) is 3.68. The quantitative estimate of drug-likeness (QED) is 0.851. The maximum absolute atomic E-state index is 12.3. The first-order valence-electron chi connectivity index (χ1n) is 6.51. The van der Waals surface area contributed by atoms with Gasteiger partial charge in [-0.3, -0.25) is 9.69 Å². The van der Waals surface area contributed by atoms with E-state index in [1.165, 1.54) is 0 Å². The normalized spacial score (nSPS) is 23.7. The van der Waals surface area contributed by atoms with Crippen molar-refractivity contribution < 1.29 is 14.1 Å². The summed E-state index contributed by atoms with van der Waals surface area (Å²) >= 11 is 0. The third kappa shape index (κ3) is 2.64. The molecule has 1 aromatic heterocycles. The zero-order valence-electron chi connectivity index (χ0n) is 11.7. The second-order valence-electron chi connectivity index (χ2n) is 5.00. The molecule has 1 unspecified atom stereocenters. The van der Waals surface area contributed by atoms with Crippen molar-refractivity contribution in [1.82, 2.24) is 15.4 Å². The lowest BCUT2D eigenvalue weighted by atomic mass is 9.95. The minimum absolute atomic E-state index is 0.00286. The van der Waals surface area contributed by atoms with E-state index in [0.29, 0.717) is 13.2 Å². The van der Waals surface area contributed by atoms with Gasteiger partial charge < -0.3 is 14.6 Å². The fraction of sp³-hybridized carbons (Fsp3) is 0.692. The third-order valence-electron chi connectivity index (χ3n) is 3.68. The number of ether oxygens (including phenoxy) is 1. The number of amides is 1. The number of nitrogens with zero attached hydrogens (tertiary/aromatic N) is 2. The van der Waals surface area contributed by atoms with Crippen LogP contribution in [0.25, 0.3) is 0 Å². The molecule has 1 fully saturated rings. The van der Waals surface area contributed by atoms with Crippen LogP contribution >= 0.6 is 0 Å². The molecular formula is C13H21N3O3. The van der Waals surface area contributed by atoms with Crippen molar-refractivity contribution in [1.29, 1.82) is 0 Å². The SMILES string of the molecule is CNC(=O)C1(COC)CCCN1Cc1cc(C)no1. The van der Waals surface area contributed by atoms with Crippen molar-refractivity contribution in [3.63, 3.8) is 0 Å². The largest absolute Gasteiger partial charge is 0.382 e. The number of carbonyl (C=O) groups excluding carboxylic acids is 1. The van der Waals surface area contributed by atoms with Crippen molar-refractivity contribution in [3.8, 4) is 0 Å². The monoisotopic (exact) mass is 267 g/mol. The maximum Gasteiger partial charge on any atom is 0.242 e. The zero-order valence-corrected chi connectivity index (χ0v) is 11.7. The molecule has 6 nitrogen and oxygen atoms in total. The molecule has 1 amide bonds. The molecule has 1 aliphatic rings. The van der Waals surface area contributed by atoms with Crippen molar-refractivity contribution >= 4 is 5.91 Å². The van der Waals surface area contributed by atoms with E-state index >= 15 is 0 Å².